The molecule has 2 heteroatoms. The first-order valence-corrected chi connectivity index (χ1v) is 6.41. The zero-order valence-electron chi connectivity index (χ0n) is 9.97. The van der Waals surface area contributed by atoms with Crippen LogP contribution < -0.4 is 10.6 Å². The molecule has 2 nitrogen and oxygen atoms in total. The second kappa shape index (κ2) is 3.69. The molecule has 1 saturated carbocycles. The van der Waals surface area contributed by atoms with Gasteiger partial charge in [0.2, 0.25) is 0 Å². The Hall–Kier alpha value is -1.18. The number of anilines is 2. The summed E-state index contributed by atoms with van der Waals surface area (Å²) in [5, 5.41) is 7.42. The number of fused-ring (bicyclic) bond motifs is 1. The molecule has 0 unspecified atom stereocenters. The van der Waals surface area contributed by atoms with E-state index in [1.165, 1.54) is 49.0 Å². The fourth-order valence-corrected chi connectivity index (χ4v) is 3.12. The molecule has 1 fully saturated rings. The third kappa shape index (κ3) is 1.57. The second-order valence-corrected chi connectivity index (χ2v) is 5.32. The van der Waals surface area contributed by atoms with E-state index in [-0.39, 0.29) is 0 Å². The summed E-state index contributed by atoms with van der Waals surface area (Å²) in [7, 11) is 0. The SMILES string of the molecule is Cc1cccc2c1NCC1(CCCCC1)N2. The minimum atomic E-state index is 0.332. The highest BCUT2D eigenvalue weighted by molar-refractivity contribution is 5.75. The predicted octanol–water partition coefficient (Wildman–Crippen LogP) is 3.54. The van der Waals surface area contributed by atoms with Gasteiger partial charge in [-0.05, 0) is 31.4 Å². The maximum absolute atomic E-state index is 3.79. The van der Waals surface area contributed by atoms with Crippen LogP contribution in [0.5, 0.6) is 0 Å². The van der Waals surface area contributed by atoms with Crippen molar-refractivity contribution in [1.29, 1.82) is 0 Å². The van der Waals surface area contributed by atoms with Crippen LogP contribution in [0, 0.1) is 6.92 Å². The second-order valence-electron chi connectivity index (χ2n) is 5.32. The number of benzene rings is 1. The highest BCUT2D eigenvalue weighted by Crippen LogP contribution is 2.39. The van der Waals surface area contributed by atoms with E-state index in [9.17, 15) is 0 Å². The average Bonchev–Trinajstić information content (AvgIpc) is 2.30. The molecular formula is C14H20N2. The number of rotatable bonds is 0. The molecule has 0 bridgehead atoms. The maximum atomic E-state index is 3.79. The minimum Gasteiger partial charge on any atom is -0.381 e. The van der Waals surface area contributed by atoms with Gasteiger partial charge in [0, 0.05) is 6.54 Å². The van der Waals surface area contributed by atoms with Crippen molar-refractivity contribution in [2.75, 3.05) is 17.2 Å². The molecule has 0 atom stereocenters. The van der Waals surface area contributed by atoms with Gasteiger partial charge in [-0.1, -0.05) is 31.4 Å². The summed E-state index contributed by atoms with van der Waals surface area (Å²) in [6.45, 7) is 3.26. The zero-order valence-corrected chi connectivity index (χ0v) is 9.97. The van der Waals surface area contributed by atoms with Gasteiger partial charge in [-0.2, -0.15) is 0 Å². The number of hydrogen-bond donors (Lipinski definition) is 2. The Bertz CT molecular complexity index is 392. The topological polar surface area (TPSA) is 24.1 Å². The van der Waals surface area contributed by atoms with E-state index >= 15 is 0 Å². The first kappa shape index (κ1) is 10.0. The van der Waals surface area contributed by atoms with Crippen molar-refractivity contribution in [3.63, 3.8) is 0 Å². The lowest BCUT2D eigenvalue weighted by Crippen LogP contribution is -2.49. The summed E-state index contributed by atoms with van der Waals surface area (Å²) in [6, 6.07) is 6.52. The summed E-state index contributed by atoms with van der Waals surface area (Å²) in [6.07, 6.45) is 6.77. The van der Waals surface area contributed by atoms with Crippen molar-refractivity contribution in [3.05, 3.63) is 23.8 Å². The molecular weight excluding hydrogens is 196 g/mol. The van der Waals surface area contributed by atoms with Gasteiger partial charge in [-0.3, -0.25) is 0 Å². The quantitative estimate of drug-likeness (QED) is 0.693. The van der Waals surface area contributed by atoms with Crippen molar-refractivity contribution in [2.45, 2.75) is 44.6 Å². The third-order valence-electron chi connectivity index (χ3n) is 4.09. The first-order chi connectivity index (χ1) is 7.79. The monoisotopic (exact) mass is 216 g/mol. The molecule has 1 spiro atoms. The summed E-state index contributed by atoms with van der Waals surface area (Å²) < 4.78 is 0. The van der Waals surface area contributed by atoms with Gasteiger partial charge in [-0.25, -0.2) is 0 Å². The Balaban J connectivity index is 1.91. The summed E-state index contributed by atoms with van der Waals surface area (Å²) in [5.74, 6) is 0. The number of para-hydroxylation sites is 1. The number of aryl methyl sites for hydroxylation is 1. The lowest BCUT2D eigenvalue weighted by atomic mass is 9.80. The molecule has 1 aromatic rings. The first-order valence-electron chi connectivity index (χ1n) is 6.41. The minimum absolute atomic E-state index is 0.332. The summed E-state index contributed by atoms with van der Waals surface area (Å²) in [4.78, 5) is 0. The Morgan fingerprint density at radius 1 is 1.12 bits per heavy atom. The molecule has 0 radical (unpaired) electrons. The van der Waals surface area contributed by atoms with Crippen LogP contribution in [-0.4, -0.2) is 12.1 Å². The van der Waals surface area contributed by atoms with E-state index in [0.29, 0.717) is 5.54 Å². The van der Waals surface area contributed by atoms with Gasteiger partial charge in [0.1, 0.15) is 0 Å². The lowest BCUT2D eigenvalue weighted by Gasteiger charge is -2.43. The average molecular weight is 216 g/mol. The van der Waals surface area contributed by atoms with Gasteiger partial charge >= 0.3 is 0 Å². The molecule has 2 N–H and O–H groups in total. The molecule has 1 aliphatic heterocycles. The number of hydrogen-bond acceptors (Lipinski definition) is 2. The van der Waals surface area contributed by atoms with Crippen molar-refractivity contribution in [2.24, 2.45) is 0 Å². The van der Waals surface area contributed by atoms with Crippen molar-refractivity contribution >= 4 is 11.4 Å². The van der Waals surface area contributed by atoms with Crippen LogP contribution in [0.3, 0.4) is 0 Å². The van der Waals surface area contributed by atoms with Gasteiger partial charge in [-0.15, -0.1) is 0 Å². The van der Waals surface area contributed by atoms with Crippen LogP contribution in [0.15, 0.2) is 18.2 Å². The smallest absolute Gasteiger partial charge is 0.0606 e. The normalized spacial score (nSPS) is 22.1. The van der Waals surface area contributed by atoms with Gasteiger partial charge in [0.05, 0.1) is 16.9 Å². The summed E-state index contributed by atoms with van der Waals surface area (Å²) in [5.41, 5.74) is 4.28. The molecule has 0 amide bonds. The Labute approximate surface area is 97.4 Å². The van der Waals surface area contributed by atoms with Crippen LogP contribution in [0.25, 0.3) is 0 Å². The molecule has 3 rings (SSSR count). The fraction of sp³-hybridized carbons (Fsp3) is 0.571. The highest BCUT2D eigenvalue weighted by Gasteiger charge is 2.35. The lowest BCUT2D eigenvalue weighted by molar-refractivity contribution is 0.334. The van der Waals surface area contributed by atoms with Crippen molar-refractivity contribution in [1.82, 2.24) is 0 Å². The van der Waals surface area contributed by atoms with E-state index in [2.05, 4.69) is 35.8 Å². The number of nitrogens with one attached hydrogen (secondary N) is 2. The van der Waals surface area contributed by atoms with Crippen LogP contribution in [0.2, 0.25) is 0 Å². The third-order valence-corrected chi connectivity index (χ3v) is 4.09. The summed E-state index contributed by atoms with van der Waals surface area (Å²) >= 11 is 0. The van der Waals surface area contributed by atoms with E-state index in [1.54, 1.807) is 0 Å². The van der Waals surface area contributed by atoms with Crippen LogP contribution in [0.1, 0.15) is 37.7 Å². The van der Waals surface area contributed by atoms with E-state index in [4.69, 9.17) is 0 Å². The van der Waals surface area contributed by atoms with Crippen LogP contribution >= 0.6 is 0 Å². The standard InChI is InChI=1S/C14H20N2/c1-11-6-5-7-12-13(11)15-10-14(16-12)8-3-2-4-9-14/h5-7,15-16H,2-4,8-10H2,1H3. The van der Waals surface area contributed by atoms with E-state index in [0.717, 1.165) is 6.54 Å². The molecule has 16 heavy (non-hydrogen) atoms. The molecule has 1 aliphatic carbocycles. The van der Waals surface area contributed by atoms with Gasteiger partial charge in [0.15, 0.2) is 0 Å². The Morgan fingerprint density at radius 2 is 1.94 bits per heavy atom. The Kier molecular flexibility index (Phi) is 2.31. The molecule has 0 saturated heterocycles. The van der Waals surface area contributed by atoms with Gasteiger partial charge in [0.25, 0.3) is 0 Å². The molecule has 1 aromatic carbocycles. The zero-order chi connectivity index (χ0) is 11.0. The van der Waals surface area contributed by atoms with Gasteiger partial charge < -0.3 is 10.6 Å². The highest BCUT2D eigenvalue weighted by atomic mass is 15.1. The maximum Gasteiger partial charge on any atom is 0.0606 e. The molecule has 1 heterocycles. The van der Waals surface area contributed by atoms with Crippen molar-refractivity contribution in [3.8, 4) is 0 Å². The van der Waals surface area contributed by atoms with E-state index < -0.39 is 0 Å². The molecule has 2 aliphatic rings. The largest absolute Gasteiger partial charge is 0.381 e. The molecule has 0 aromatic heterocycles. The fourth-order valence-electron chi connectivity index (χ4n) is 3.12. The van der Waals surface area contributed by atoms with E-state index in [1.807, 2.05) is 0 Å². The molecule has 86 valence electrons. The van der Waals surface area contributed by atoms with Crippen LogP contribution in [0.4, 0.5) is 11.4 Å². The predicted molar refractivity (Wildman–Crippen MR) is 69.1 cm³/mol. The van der Waals surface area contributed by atoms with Crippen LogP contribution in [-0.2, 0) is 0 Å². The Morgan fingerprint density at radius 3 is 2.75 bits per heavy atom. The van der Waals surface area contributed by atoms with Crippen molar-refractivity contribution < 1.29 is 0 Å².